The molecular weight excluding hydrogens is 364 g/mol. The van der Waals surface area contributed by atoms with Gasteiger partial charge in [0.25, 0.3) is 0 Å². The fourth-order valence-corrected chi connectivity index (χ4v) is 6.28. The third-order valence-electron chi connectivity index (χ3n) is 5.45. The number of nitrogens with zero attached hydrogens (tertiary/aromatic N) is 3. The Hall–Kier alpha value is -1.65. The van der Waals surface area contributed by atoms with E-state index in [1.54, 1.807) is 17.7 Å². The van der Waals surface area contributed by atoms with E-state index in [1.807, 2.05) is 0 Å². The van der Waals surface area contributed by atoms with Gasteiger partial charge >= 0.3 is 0 Å². The van der Waals surface area contributed by atoms with Crippen LogP contribution in [0.5, 0.6) is 0 Å². The molecule has 2 heterocycles. The molecule has 0 aliphatic heterocycles. The number of thioether (sulfide) groups is 1. The van der Waals surface area contributed by atoms with Gasteiger partial charge in [0.15, 0.2) is 0 Å². The van der Waals surface area contributed by atoms with Crippen molar-refractivity contribution in [3.8, 4) is 6.07 Å². The molecular formula is C19H22N4OS2. The van der Waals surface area contributed by atoms with Gasteiger partial charge in [0.2, 0.25) is 5.91 Å². The topological polar surface area (TPSA) is 78.7 Å². The largest absolute Gasteiger partial charge is 0.337 e. The SMILES string of the molecule is C[C@@H]1CCc2c(sc3ncnc(SCC(=O)NC4(C#N)CCCC4)c23)C1. The lowest BCUT2D eigenvalue weighted by molar-refractivity contribution is -0.119. The van der Waals surface area contributed by atoms with Crippen LogP contribution < -0.4 is 5.32 Å². The van der Waals surface area contributed by atoms with Crippen LogP contribution in [0.2, 0.25) is 0 Å². The first-order valence-corrected chi connectivity index (χ1v) is 11.0. The predicted molar refractivity (Wildman–Crippen MR) is 104 cm³/mol. The van der Waals surface area contributed by atoms with Crippen molar-refractivity contribution in [3.63, 3.8) is 0 Å². The molecule has 0 bridgehead atoms. The molecule has 5 nitrogen and oxygen atoms in total. The standard InChI is InChI=1S/C19H22N4OS2/c1-12-4-5-13-14(8-12)26-18-16(13)17(21-11-22-18)25-9-15(24)23-19(10-20)6-2-3-7-19/h11-12H,2-9H2,1H3,(H,23,24)/t12-/m1/s1. The van der Waals surface area contributed by atoms with Crippen LogP contribution >= 0.6 is 23.1 Å². The minimum Gasteiger partial charge on any atom is -0.337 e. The summed E-state index contributed by atoms with van der Waals surface area (Å²) in [6.07, 6.45) is 8.51. The predicted octanol–water partition coefficient (Wildman–Crippen LogP) is 3.86. The van der Waals surface area contributed by atoms with Gasteiger partial charge in [0, 0.05) is 10.3 Å². The minimum atomic E-state index is -0.656. The average molecular weight is 387 g/mol. The number of carbonyl (C=O) groups is 1. The molecule has 136 valence electrons. The second kappa shape index (κ2) is 7.16. The Morgan fingerprint density at radius 1 is 1.46 bits per heavy atom. The van der Waals surface area contributed by atoms with Crippen molar-refractivity contribution < 1.29 is 4.79 Å². The molecule has 1 N–H and O–H groups in total. The van der Waals surface area contributed by atoms with Crippen LogP contribution in [0, 0.1) is 17.2 Å². The fraction of sp³-hybridized carbons (Fsp3) is 0.579. The van der Waals surface area contributed by atoms with Crippen LogP contribution in [0.1, 0.15) is 49.5 Å². The molecule has 0 saturated heterocycles. The molecule has 1 saturated carbocycles. The van der Waals surface area contributed by atoms with Crippen molar-refractivity contribution in [2.24, 2.45) is 5.92 Å². The highest BCUT2D eigenvalue weighted by Crippen LogP contribution is 2.40. The first-order valence-electron chi connectivity index (χ1n) is 9.20. The summed E-state index contributed by atoms with van der Waals surface area (Å²) in [5.74, 6) is 0.929. The Bertz CT molecular complexity index is 880. The molecule has 4 rings (SSSR count). The molecule has 7 heteroatoms. The number of aromatic nitrogens is 2. The van der Waals surface area contributed by atoms with Gasteiger partial charge in [-0.2, -0.15) is 5.26 Å². The number of carbonyl (C=O) groups excluding carboxylic acids is 1. The number of fused-ring (bicyclic) bond motifs is 3. The van der Waals surface area contributed by atoms with Crippen LogP contribution in [0.15, 0.2) is 11.4 Å². The Morgan fingerprint density at radius 3 is 3.04 bits per heavy atom. The number of nitrogens with one attached hydrogen (secondary N) is 1. The zero-order chi connectivity index (χ0) is 18.1. The Balaban J connectivity index is 1.51. The van der Waals surface area contributed by atoms with E-state index >= 15 is 0 Å². The highest BCUT2D eigenvalue weighted by atomic mass is 32.2. The molecule has 2 aliphatic carbocycles. The van der Waals surface area contributed by atoms with Gasteiger partial charge in [-0.3, -0.25) is 4.79 Å². The van der Waals surface area contributed by atoms with Crippen molar-refractivity contribution in [2.45, 2.75) is 62.4 Å². The molecule has 1 amide bonds. The van der Waals surface area contributed by atoms with Crippen molar-refractivity contribution in [1.29, 1.82) is 5.26 Å². The Morgan fingerprint density at radius 2 is 2.27 bits per heavy atom. The monoisotopic (exact) mass is 386 g/mol. The quantitative estimate of drug-likeness (QED) is 0.638. The van der Waals surface area contributed by atoms with E-state index in [1.165, 1.54) is 28.6 Å². The van der Waals surface area contributed by atoms with Gasteiger partial charge < -0.3 is 5.32 Å². The highest BCUT2D eigenvalue weighted by Gasteiger charge is 2.35. The number of thiophene rings is 1. The molecule has 26 heavy (non-hydrogen) atoms. The maximum absolute atomic E-state index is 12.4. The lowest BCUT2D eigenvalue weighted by Gasteiger charge is -2.21. The lowest BCUT2D eigenvalue weighted by atomic mass is 9.89. The maximum atomic E-state index is 12.4. The molecule has 2 aromatic heterocycles. The van der Waals surface area contributed by atoms with Gasteiger partial charge in [0.05, 0.1) is 11.8 Å². The van der Waals surface area contributed by atoms with Crippen molar-refractivity contribution >= 4 is 39.2 Å². The van der Waals surface area contributed by atoms with E-state index in [9.17, 15) is 10.1 Å². The first kappa shape index (κ1) is 17.7. The summed E-state index contributed by atoms with van der Waals surface area (Å²) in [5, 5.41) is 14.4. The summed E-state index contributed by atoms with van der Waals surface area (Å²) >= 11 is 3.24. The smallest absolute Gasteiger partial charge is 0.231 e. The van der Waals surface area contributed by atoms with E-state index in [0.717, 1.165) is 59.7 Å². The number of aryl methyl sites for hydroxylation is 1. The second-order valence-corrected chi connectivity index (χ2v) is 9.50. The van der Waals surface area contributed by atoms with E-state index in [-0.39, 0.29) is 11.7 Å². The Kier molecular flexibility index (Phi) is 4.89. The summed E-state index contributed by atoms with van der Waals surface area (Å²) in [4.78, 5) is 23.8. The molecule has 2 aromatic rings. The number of hydrogen-bond donors (Lipinski definition) is 1. The molecule has 2 aliphatic rings. The molecule has 0 spiro atoms. The Labute approximate surface area is 161 Å². The number of nitriles is 1. The van der Waals surface area contributed by atoms with Crippen LogP contribution in [0.3, 0.4) is 0 Å². The fourth-order valence-electron chi connectivity index (χ4n) is 4.04. The summed E-state index contributed by atoms with van der Waals surface area (Å²) in [5.41, 5.74) is 0.729. The third kappa shape index (κ3) is 3.33. The highest BCUT2D eigenvalue weighted by molar-refractivity contribution is 8.00. The molecule has 1 fully saturated rings. The van der Waals surface area contributed by atoms with Gasteiger partial charge in [-0.05, 0) is 56.4 Å². The van der Waals surface area contributed by atoms with Gasteiger partial charge in [-0.1, -0.05) is 18.7 Å². The maximum Gasteiger partial charge on any atom is 0.231 e. The molecule has 0 aromatic carbocycles. The van der Waals surface area contributed by atoms with E-state index in [4.69, 9.17) is 0 Å². The normalized spacial score (nSPS) is 21.3. The third-order valence-corrected chi connectivity index (χ3v) is 7.60. The summed E-state index contributed by atoms with van der Waals surface area (Å²) in [6.45, 7) is 2.30. The number of hydrogen-bond acceptors (Lipinski definition) is 6. The van der Waals surface area contributed by atoms with Crippen molar-refractivity contribution in [2.75, 3.05) is 5.75 Å². The lowest BCUT2D eigenvalue weighted by Crippen LogP contribution is -2.45. The summed E-state index contributed by atoms with van der Waals surface area (Å²) < 4.78 is 0. The second-order valence-electron chi connectivity index (χ2n) is 7.45. The number of amides is 1. The van der Waals surface area contributed by atoms with Crippen molar-refractivity contribution in [3.05, 3.63) is 16.8 Å². The zero-order valence-corrected chi connectivity index (χ0v) is 16.5. The van der Waals surface area contributed by atoms with Crippen LogP contribution in [-0.2, 0) is 17.6 Å². The van der Waals surface area contributed by atoms with Crippen LogP contribution in [-0.4, -0.2) is 27.2 Å². The van der Waals surface area contributed by atoms with Gasteiger partial charge in [-0.15, -0.1) is 11.3 Å². The average Bonchev–Trinajstić information content (AvgIpc) is 3.24. The first-order chi connectivity index (χ1) is 12.6. The van der Waals surface area contributed by atoms with Gasteiger partial charge in [-0.25, -0.2) is 9.97 Å². The van der Waals surface area contributed by atoms with E-state index in [2.05, 4.69) is 28.3 Å². The van der Waals surface area contributed by atoms with Crippen LogP contribution in [0.4, 0.5) is 0 Å². The zero-order valence-electron chi connectivity index (χ0n) is 14.9. The molecule has 0 radical (unpaired) electrons. The van der Waals surface area contributed by atoms with Crippen molar-refractivity contribution in [1.82, 2.24) is 15.3 Å². The molecule has 1 atom stereocenters. The van der Waals surface area contributed by atoms with E-state index in [0.29, 0.717) is 0 Å². The van der Waals surface area contributed by atoms with E-state index < -0.39 is 5.54 Å². The molecule has 0 unspecified atom stereocenters. The number of rotatable bonds is 4. The van der Waals surface area contributed by atoms with Gasteiger partial charge in [0.1, 0.15) is 21.7 Å². The summed E-state index contributed by atoms with van der Waals surface area (Å²) in [7, 11) is 0. The minimum absolute atomic E-state index is 0.0806. The summed E-state index contributed by atoms with van der Waals surface area (Å²) in [6, 6.07) is 2.31. The van der Waals surface area contributed by atoms with Crippen LogP contribution in [0.25, 0.3) is 10.2 Å².